The largest absolute Gasteiger partial charge is 0.487 e. The van der Waals surface area contributed by atoms with Crippen molar-refractivity contribution in [3.63, 3.8) is 0 Å². The minimum Gasteiger partial charge on any atom is -0.487 e. The smallest absolute Gasteiger partial charge is 0.264 e. The fourth-order valence-corrected chi connectivity index (χ4v) is 5.27. The van der Waals surface area contributed by atoms with Crippen LogP contribution in [0.3, 0.4) is 0 Å². The number of ether oxygens (including phenoxy) is 1. The van der Waals surface area contributed by atoms with Crippen molar-refractivity contribution in [1.82, 2.24) is 15.5 Å². The number of rotatable bonds is 7. The maximum Gasteiger partial charge on any atom is 0.264 e. The summed E-state index contributed by atoms with van der Waals surface area (Å²) < 4.78 is 33.9. The molecular weight excluding hydrogens is 414 g/mol. The molecule has 8 heteroatoms. The van der Waals surface area contributed by atoms with E-state index in [9.17, 15) is 8.42 Å². The molecule has 7 nitrogen and oxygen atoms in total. The van der Waals surface area contributed by atoms with E-state index in [1.54, 1.807) is 0 Å². The molecule has 0 bridgehead atoms. The summed E-state index contributed by atoms with van der Waals surface area (Å²) in [5.41, 5.74) is 2.62. The van der Waals surface area contributed by atoms with Gasteiger partial charge in [0.1, 0.15) is 18.0 Å². The first-order chi connectivity index (χ1) is 14.8. The van der Waals surface area contributed by atoms with Gasteiger partial charge in [-0.2, -0.15) is 18.6 Å². The monoisotopic (exact) mass is 447 g/mol. The summed E-state index contributed by atoms with van der Waals surface area (Å²) in [5, 5.41) is 12.2. The summed E-state index contributed by atoms with van der Waals surface area (Å²) in [6.07, 6.45) is 13.9. The van der Waals surface area contributed by atoms with Crippen molar-refractivity contribution in [2.24, 2.45) is 0 Å². The van der Waals surface area contributed by atoms with E-state index in [1.165, 1.54) is 5.57 Å². The van der Waals surface area contributed by atoms with Gasteiger partial charge in [-0.25, -0.2) is 0 Å². The molecular formula is C23H33N3O4S. The van der Waals surface area contributed by atoms with Gasteiger partial charge in [0.15, 0.2) is 0 Å². The first-order valence-corrected chi connectivity index (χ1v) is 13.1. The third-order valence-electron chi connectivity index (χ3n) is 6.78. The highest BCUT2D eigenvalue weighted by Crippen LogP contribution is 2.47. The van der Waals surface area contributed by atoms with Gasteiger partial charge in [0.25, 0.3) is 10.1 Å². The number of aromatic nitrogens is 2. The summed E-state index contributed by atoms with van der Waals surface area (Å²) >= 11 is 0. The highest BCUT2D eigenvalue weighted by atomic mass is 32.2. The molecule has 1 aromatic rings. The molecule has 1 fully saturated rings. The second-order valence-electron chi connectivity index (χ2n) is 9.15. The first-order valence-electron chi connectivity index (χ1n) is 11.3. The zero-order valence-electron chi connectivity index (χ0n) is 18.5. The Labute approximate surface area is 185 Å². The van der Waals surface area contributed by atoms with Crippen molar-refractivity contribution in [3.8, 4) is 0 Å². The molecule has 0 aromatic carbocycles. The lowest BCUT2D eigenvalue weighted by molar-refractivity contribution is -0.0384. The molecule has 4 rings (SSSR count). The summed E-state index contributed by atoms with van der Waals surface area (Å²) in [5.74, 6) is 1.06. The Balaban J connectivity index is 1.54. The standard InChI is InChI=1S/C23H33N3O4S/c1-3-4-9-22(21-6-5-19(25-26-21)17-29-31(2,27)28)10-8-20-18(16-22)7-11-23(30-20)12-14-24-15-13-23/h5-6,8,10,24H,3-4,7,9,11-17H2,1-2H3. The van der Waals surface area contributed by atoms with Crippen molar-refractivity contribution >= 4 is 10.1 Å². The summed E-state index contributed by atoms with van der Waals surface area (Å²) in [6.45, 7) is 4.16. The Hall–Kier alpha value is -1.77. The van der Waals surface area contributed by atoms with Crippen LogP contribution in [0.15, 0.2) is 35.6 Å². The van der Waals surface area contributed by atoms with E-state index in [2.05, 4.69) is 34.6 Å². The molecule has 1 aromatic heterocycles. The minimum atomic E-state index is -3.51. The van der Waals surface area contributed by atoms with E-state index >= 15 is 0 Å². The third-order valence-corrected chi connectivity index (χ3v) is 7.33. The Morgan fingerprint density at radius 3 is 2.68 bits per heavy atom. The van der Waals surface area contributed by atoms with Gasteiger partial charge in [-0.1, -0.05) is 25.8 Å². The number of unbranched alkanes of at least 4 members (excludes halogenated alkanes) is 1. The van der Waals surface area contributed by atoms with Crippen LogP contribution in [0.1, 0.15) is 69.7 Å². The first kappa shape index (κ1) is 22.4. The SMILES string of the molecule is CCCCC1(c2ccc(COS(C)(=O)=O)nn2)C=CC2=C(CCC3(CCNCC3)O2)C1. The average Bonchev–Trinajstić information content (AvgIpc) is 2.77. The van der Waals surface area contributed by atoms with Gasteiger partial charge in [0.05, 0.1) is 17.6 Å². The van der Waals surface area contributed by atoms with Crippen molar-refractivity contribution in [2.45, 2.75) is 75.9 Å². The van der Waals surface area contributed by atoms with Crippen LogP contribution in [-0.4, -0.2) is 43.6 Å². The van der Waals surface area contributed by atoms with Crippen molar-refractivity contribution in [1.29, 1.82) is 0 Å². The second-order valence-corrected chi connectivity index (χ2v) is 10.8. The molecule has 0 radical (unpaired) electrons. The van der Waals surface area contributed by atoms with E-state index in [-0.39, 0.29) is 17.6 Å². The zero-order valence-corrected chi connectivity index (χ0v) is 19.3. The normalized spacial score (nSPS) is 25.4. The summed E-state index contributed by atoms with van der Waals surface area (Å²) in [7, 11) is -3.51. The van der Waals surface area contributed by atoms with Crippen LogP contribution in [0.5, 0.6) is 0 Å². The van der Waals surface area contributed by atoms with E-state index in [1.807, 2.05) is 12.1 Å². The number of allylic oxidation sites excluding steroid dienone is 3. The van der Waals surface area contributed by atoms with Crippen LogP contribution in [0.25, 0.3) is 0 Å². The Kier molecular flexibility index (Phi) is 6.51. The predicted molar refractivity (Wildman–Crippen MR) is 119 cm³/mol. The van der Waals surface area contributed by atoms with Gasteiger partial charge in [-0.05, 0) is 75.4 Å². The summed E-state index contributed by atoms with van der Waals surface area (Å²) in [4.78, 5) is 0. The van der Waals surface area contributed by atoms with Crippen LogP contribution in [0.4, 0.5) is 0 Å². The molecule has 3 heterocycles. The average molecular weight is 448 g/mol. The third kappa shape index (κ3) is 5.18. The highest BCUT2D eigenvalue weighted by molar-refractivity contribution is 7.85. The number of hydrogen-bond donors (Lipinski definition) is 1. The summed E-state index contributed by atoms with van der Waals surface area (Å²) in [6, 6.07) is 3.79. The van der Waals surface area contributed by atoms with E-state index in [0.717, 1.165) is 82.2 Å². The van der Waals surface area contributed by atoms with Crippen molar-refractivity contribution < 1.29 is 17.3 Å². The maximum absolute atomic E-state index is 11.2. The van der Waals surface area contributed by atoms with Gasteiger partial charge < -0.3 is 10.1 Å². The van der Waals surface area contributed by atoms with Crippen LogP contribution < -0.4 is 5.32 Å². The predicted octanol–water partition coefficient (Wildman–Crippen LogP) is 3.53. The highest BCUT2D eigenvalue weighted by Gasteiger charge is 2.42. The maximum atomic E-state index is 11.2. The lowest BCUT2D eigenvalue weighted by Gasteiger charge is -2.45. The lowest BCUT2D eigenvalue weighted by atomic mass is 9.69. The van der Waals surface area contributed by atoms with E-state index in [0.29, 0.717) is 5.69 Å². The van der Waals surface area contributed by atoms with Crippen molar-refractivity contribution in [3.05, 3.63) is 47.0 Å². The molecule has 1 atom stereocenters. The van der Waals surface area contributed by atoms with Gasteiger partial charge in [-0.3, -0.25) is 4.18 Å². The fourth-order valence-electron chi connectivity index (χ4n) is 4.93. The number of hydrogen-bond acceptors (Lipinski definition) is 7. The van der Waals surface area contributed by atoms with E-state index in [4.69, 9.17) is 8.92 Å². The molecule has 31 heavy (non-hydrogen) atoms. The second kappa shape index (κ2) is 9.00. The molecule has 0 saturated carbocycles. The van der Waals surface area contributed by atoms with Crippen LogP contribution in [0, 0.1) is 0 Å². The number of nitrogens with one attached hydrogen (secondary N) is 1. The van der Waals surface area contributed by atoms with Gasteiger partial charge in [0, 0.05) is 5.41 Å². The molecule has 1 N–H and O–H groups in total. The molecule has 1 aliphatic carbocycles. The van der Waals surface area contributed by atoms with Gasteiger partial charge in [0.2, 0.25) is 0 Å². The number of nitrogens with zero attached hydrogens (tertiary/aromatic N) is 2. The molecule has 170 valence electrons. The van der Waals surface area contributed by atoms with E-state index < -0.39 is 10.1 Å². The molecule has 0 amide bonds. The zero-order chi connectivity index (χ0) is 22.0. The minimum absolute atomic E-state index is 0.00108. The molecule has 1 unspecified atom stereocenters. The quantitative estimate of drug-likeness (QED) is 0.640. The molecule has 2 aliphatic heterocycles. The lowest BCUT2D eigenvalue weighted by Crippen LogP contribution is -2.46. The Morgan fingerprint density at radius 2 is 2.00 bits per heavy atom. The Bertz CT molecular complexity index is 950. The molecule has 1 saturated heterocycles. The van der Waals surface area contributed by atoms with Crippen molar-refractivity contribution in [2.75, 3.05) is 19.3 Å². The van der Waals surface area contributed by atoms with Crippen LogP contribution in [0.2, 0.25) is 0 Å². The van der Waals surface area contributed by atoms with Gasteiger partial charge >= 0.3 is 0 Å². The molecule has 3 aliphatic rings. The van der Waals surface area contributed by atoms with Gasteiger partial charge in [-0.15, -0.1) is 0 Å². The number of piperidine rings is 1. The molecule has 1 spiro atoms. The fraction of sp³-hybridized carbons (Fsp3) is 0.652. The van der Waals surface area contributed by atoms with Crippen LogP contribution >= 0.6 is 0 Å². The van der Waals surface area contributed by atoms with Crippen LogP contribution in [-0.2, 0) is 31.1 Å². The topological polar surface area (TPSA) is 90.4 Å². The Morgan fingerprint density at radius 1 is 1.19 bits per heavy atom.